The number of carbonyl (C=O) groups excluding carboxylic acids is 2. The molecule has 0 aliphatic heterocycles. The lowest BCUT2D eigenvalue weighted by atomic mass is 10.0. The van der Waals surface area contributed by atoms with Crippen molar-refractivity contribution in [1.29, 1.82) is 0 Å². The predicted molar refractivity (Wildman–Crippen MR) is 224 cm³/mol. The highest BCUT2D eigenvalue weighted by molar-refractivity contribution is 7.47. The summed E-state index contributed by atoms with van der Waals surface area (Å²) in [5, 5.41) is 0. The minimum Gasteiger partial charge on any atom is -0.462 e. The third kappa shape index (κ3) is 40.2. The second-order valence-electron chi connectivity index (χ2n) is 16.1. The van der Waals surface area contributed by atoms with Gasteiger partial charge in [-0.3, -0.25) is 18.6 Å². The van der Waals surface area contributed by atoms with Crippen LogP contribution in [-0.4, -0.2) is 74.9 Å². The lowest BCUT2D eigenvalue weighted by molar-refractivity contribution is -0.870. The number of likely N-dealkylation sites (N-methyl/N-ethyl adjacent to an activating group) is 1. The molecule has 9 nitrogen and oxygen atoms in total. The summed E-state index contributed by atoms with van der Waals surface area (Å²) in [5.74, 6) is -0.851. The van der Waals surface area contributed by atoms with Crippen molar-refractivity contribution in [1.82, 2.24) is 0 Å². The molecule has 10 heteroatoms. The predicted octanol–water partition coefficient (Wildman–Crippen LogP) is 12.4. The SMILES string of the molecule is CCCCCCCCCCCCCCCC/C=C/CC/C=C/CCCC(=O)O[C@H](COC(=O)CCCCCCCCC)COP(=O)(O)OCC[N+](C)(C)C. The van der Waals surface area contributed by atoms with Crippen LogP contribution in [0.2, 0.25) is 0 Å². The molecule has 318 valence electrons. The highest BCUT2D eigenvalue weighted by Gasteiger charge is 2.27. The van der Waals surface area contributed by atoms with Crippen molar-refractivity contribution in [2.24, 2.45) is 0 Å². The number of phosphoric acid groups is 1. The van der Waals surface area contributed by atoms with Crippen molar-refractivity contribution >= 4 is 19.8 Å². The van der Waals surface area contributed by atoms with E-state index in [1.165, 1.54) is 116 Å². The summed E-state index contributed by atoms with van der Waals surface area (Å²) in [6.07, 6.45) is 39.8. The first-order chi connectivity index (χ1) is 26.0. The number of esters is 2. The quantitative estimate of drug-likeness (QED) is 0.0215. The van der Waals surface area contributed by atoms with Gasteiger partial charge in [0.2, 0.25) is 0 Å². The summed E-state index contributed by atoms with van der Waals surface area (Å²) in [4.78, 5) is 35.1. The molecule has 0 aliphatic rings. The molecular weight excluding hydrogens is 701 g/mol. The van der Waals surface area contributed by atoms with Crippen molar-refractivity contribution in [3.8, 4) is 0 Å². The number of nitrogens with zero attached hydrogens (tertiary/aromatic N) is 1. The molecular formula is C44H85NO8P+. The van der Waals surface area contributed by atoms with E-state index >= 15 is 0 Å². The van der Waals surface area contributed by atoms with Gasteiger partial charge in [0.1, 0.15) is 19.8 Å². The van der Waals surface area contributed by atoms with Gasteiger partial charge in [0.05, 0.1) is 27.7 Å². The van der Waals surface area contributed by atoms with Crippen LogP contribution in [0.25, 0.3) is 0 Å². The molecule has 54 heavy (non-hydrogen) atoms. The zero-order chi connectivity index (χ0) is 40.0. The first-order valence-corrected chi connectivity index (χ1v) is 23.6. The van der Waals surface area contributed by atoms with Gasteiger partial charge in [-0.1, -0.05) is 160 Å². The van der Waals surface area contributed by atoms with E-state index in [4.69, 9.17) is 18.5 Å². The fraction of sp³-hybridized carbons (Fsp3) is 0.864. The van der Waals surface area contributed by atoms with Crippen LogP contribution in [0.15, 0.2) is 24.3 Å². The van der Waals surface area contributed by atoms with Crippen LogP contribution in [0.4, 0.5) is 0 Å². The molecule has 0 aromatic heterocycles. The molecule has 1 unspecified atom stereocenters. The van der Waals surface area contributed by atoms with Crippen molar-refractivity contribution in [3.05, 3.63) is 24.3 Å². The summed E-state index contributed by atoms with van der Waals surface area (Å²) in [5.41, 5.74) is 0. The van der Waals surface area contributed by atoms with Crippen LogP contribution in [0.5, 0.6) is 0 Å². The number of rotatable bonds is 40. The summed E-state index contributed by atoms with van der Waals surface area (Å²) in [7, 11) is 1.46. The van der Waals surface area contributed by atoms with E-state index in [0.717, 1.165) is 44.9 Å². The van der Waals surface area contributed by atoms with Gasteiger partial charge >= 0.3 is 19.8 Å². The van der Waals surface area contributed by atoms with Crippen LogP contribution in [0, 0.1) is 0 Å². The summed E-state index contributed by atoms with van der Waals surface area (Å²) < 4.78 is 34.1. The van der Waals surface area contributed by atoms with E-state index in [9.17, 15) is 19.0 Å². The zero-order valence-corrected chi connectivity index (χ0v) is 36.6. The number of ether oxygens (including phenoxy) is 2. The Labute approximate surface area is 332 Å². The van der Waals surface area contributed by atoms with Crippen LogP contribution in [-0.2, 0) is 32.7 Å². The fourth-order valence-electron chi connectivity index (χ4n) is 5.97. The van der Waals surface area contributed by atoms with Gasteiger partial charge in [-0.05, 0) is 44.9 Å². The molecule has 0 aliphatic carbocycles. The number of hydrogen-bond donors (Lipinski definition) is 1. The minimum atomic E-state index is -4.37. The molecule has 1 N–H and O–H groups in total. The van der Waals surface area contributed by atoms with Gasteiger partial charge in [-0.15, -0.1) is 0 Å². The monoisotopic (exact) mass is 787 g/mol. The normalized spacial score (nSPS) is 13.8. The summed E-state index contributed by atoms with van der Waals surface area (Å²) in [6, 6.07) is 0. The van der Waals surface area contributed by atoms with E-state index in [-0.39, 0.29) is 32.0 Å². The van der Waals surface area contributed by atoms with Gasteiger partial charge < -0.3 is 18.9 Å². The minimum absolute atomic E-state index is 0.0263. The lowest BCUT2D eigenvalue weighted by Crippen LogP contribution is -2.37. The molecule has 0 fully saturated rings. The smallest absolute Gasteiger partial charge is 0.462 e. The number of allylic oxidation sites excluding steroid dienone is 4. The molecule has 0 radical (unpaired) electrons. The number of phosphoric ester groups is 1. The molecule has 0 saturated carbocycles. The zero-order valence-electron chi connectivity index (χ0n) is 35.7. The number of quaternary nitrogens is 1. The molecule has 0 aromatic rings. The Balaban J connectivity index is 4.23. The van der Waals surface area contributed by atoms with Gasteiger partial charge in [0.25, 0.3) is 0 Å². The first kappa shape index (κ1) is 52.5. The van der Waals surface area contributed by atoms with Crippen LogP contribution >= 0.6 is 7.82 Å². The Bertz CT molecular complexity index is 980. The average Bonchev–Trinajstić information content (AvgIpc) is 3.12. The Morgan fingerprint density at radius 3 is 1.48 bits per heavy atom. The number of unbranched alkanes of at least 4 members (excludes halogenated alkanes) is 22. The van der Waals surface area contributed by atoms with Crippen molar-refractivity contribution in [3.63, 3.8) is 0 Å². The van der Waals surface area contributed by atoms with Crippen LogP contribution < -0.4 is 0 Å². The number of carbonyl (C=O) groups is 2. The maximum absolute atomic E-state index is 12.6. The maximum atomic E-state index is 12.6. The highest BCUT2D eigenvalue weighted by atomic mass is 31.2. The van der Waals surface area contributed by atoms with Crippen molar-refractivity contribution in [2.45, 2.75) is 200 Å². The van der Waals surface area contributed by atoms with E-state index in [1.54, 1.807) is 0 Å². The molecule has 2 atom stereocenters. The summed E-state index contributed by atoms with van der Waals surface area (Å²) in [6.45, 7) is 4.34. The van der Waals surface area contributed by atoms with Gasteiger partial charge in [0.15, 0.2) is 6.10 Å². The largest absolute Gasteiger partial charge is 0.472 e. The Morgan fingerprint density at radius 2 is 0.981 bits per heavy atom. The molecule has 0 rings (SSSR count). The Kier molecular flexibility index (Phi) is 36.1. The molecule has 0 bridgehead atoms. The van der Waals surface area contributed by atoms with Gasteiger partial charge in [-0.25, -0.2) is 4.57 Å². The van der Waals surface area contributed by atoms with E-state index in [2.05, 4.69) is 38.2 Å². The molecule has 0 aromatic carbocycles. The topological polar surface area (TPSA) is 108 Å². The van der Waals surface area contributed by atoms with E-state index in [1.807, 2.05) is 21.1 Å². The Morgan fingerprint density at radius 1 is 0.556 bits per heavy atom. The summed E-state index contributed by atoms with van der Waals surface area (Å²) >= 11 is 0. The van der Waals surface area contributed by atoms with Gasteiger partial charge in [0, 0.05) is 12.8 Å². The highest BCUT2D eigenvalue weighted by Crippen LogP contribution is 2.43. The van der Waals surface area contributed by atoms with Gasteiger partial charge in [-0.2, -0.15) is 0 Å². The Hall–Kier alpha value is -1.51. The van der Waals surface area contributed by atoms with E-state index in [0.29, 0.717) is 17.4 Å². The standard InChI is InChI=1S/C44H84NO8P/c1-6-8-10-12-14-15-16-17-18-19-20-21-22-23-24-25-26-27-28-29-31-33-35-37-44(47)53-42(41-52-54(48,49)51-39-38-45(3,4)5)40-50-43(46)36-34-32-30-13-11-9-7-2/h25-26,29,31,42H,6-24,27-28,30,32-41H2,1-5H3/p+1/b26-25+,31-29+/t42-/m1/s1. The second kappa shape index (κ2) is 37.1. The van der Waals surface area contributed by atoms with Crippen molar-refractivity contribution in [2.75, 3.05) is 47.5 Å². The van der Waals surface area contributed by atoms with Crippen LogP contribution in [0.3, 0.4) is 0 Å². The third-order valence-electron chi connectivity index (χ3n) is 9.46. The first-order valence-electron chi connectivity index (χ1n) is 22.1. The molecule has 0 spiro atoms. The molecule has 0 heterocycles. The average molecular weight is 787 g/mol. The maximum Gasteiger partial charge on any atom is 0.472 e. The van der Waals surface area contributed by atoms with Crippen LogP contribution in [0.1, 0.15) is 194 Å². The van der Waals surface area contributed by atoms with Crippen molar-refractivity contribution < 1.29 is 42.1 Å². The third-order valence-corrected chi connectivity index (χ3v) is 10.4. The fourth-order valence-corrected chi connectivity index (χ4v) is 6.72. The second-order valence-corrected chi connectivity index (χ2v) is 17.5. The molecule has 0 saturated heterocycles. The lowest BCUT2D eigenvalue weighted by Gasteiger charge is -2.24. The van der Waals surface area contributed by atoms with E-state index < -0.39 is 26.5 Å². The number of hydrogen-bond acceptors (Lipinski definition) is 7. The molecule has 0 amide bonds.